The molecule has 0 spiro atoms. The van der Waals surface area contributed by atoms with Crippen LogP contribution in [0.25, 0.3) is 0 Å². The van der Waals surface area contributed by atoms with E-state index in [0.29, 0.717) is 25.1 Å². The van der Waals surface area contributed by atoms with E-state index in [1.807, 2.05) is 49.6 Å². The highest BCUT2D eigenvalue weighted by Gasteiger charge is 2.23. The fourth-order valence-electron chi connectivity index (χ4n) is 3.63. The Bertz CT molecular complexity index is 1070. The lowest BCUT2D eigenvalue weighted by atomic mass is 10.0. The van der Waals surface area contributed by atoms with Crippen LogP contribution < -0.4 is 10.1 Å². The van der Waals surface area contributed by atoms with Crippen LogP contribution in [0.5, 0.6) is 5.75 Å². The second-order valence-electron chi connectivity index (χ2n) is 7.69. The molecule has 0 saturated carbocycles. The Hall–Kier alpha value is -3.61. The van der Waals surface area contributed by atoms with Crippen LogP contribution in [-0.2, 0) is 13.5 Å². The predicted molar refractivity (Wildman–Crippen MR) is 121 cm³/mol. The van der Waals surface area contributed by atoms with Gasteiger partial charge in [-0.05, 0) is 42.7 Å². The van der Waals surface area contributed by atoms with E-state index in [1.165, 1.54) is 25.3 Å². The number of likely N-dealkylation sites (N-methyl/N-ethyl adjacent to an activating group) is 1. The van der Waals surface area contributed by atoms with Gasteiger partial charge in [-0.15, -0.1) is 0 Å². The number of nitrogens with zero attached hydrogens (tertiary/aromatic N) is 2. The fourth-order valence-corrected chi connectivity index (χ4v) is 3.63. The van der Waals surface area contributed by atoms with Gasteiger partial charge in [0, 0.05) is 44.5 Å². The van der Waals surface area contributed by atoms with Gasteiger partial charge in [-0.3, -0.25) is 9.59 Å². The zero-order valence-corrected chi connectivity index (χ0v) is 18.5. The normalized spacial score (nSPS) is 11.6. The first-order valence-corrected chi connectivity index (χ1v) is 10.4. The van der Waals surface area contributed by atoms with Crippen LogP contribution in [0, 0.1) is 5.82 Å². The summed E-state index contributed by atoms with van der Waals surface area (Å²) < 4.78 is 20.8. The van der Waals surface area contributed by atoms with Crippen molar-refractivity contribution < 1.29 is 18.7 Å². The van der Waals surface area contributed by atoms with Gasteiger partial charge in [0.2, 0.25) is 0 Å². The average Bonchev–Trinajstić information content (AvgIpc) is 3.23. The molecule has 0 radical (unpaired) electrons. The average molecular weight is 438 g/mol. The smallest absolute Gasteiger partial charge is 0.267 e. The third-order valence-electron chi connectivity index (χ3n) is 5.48. The molecule has 1 aromatic heterocycles. The quantitative estimate of drug-likeness (QED) is 0.556. The van der Waals surface area contributed by atoms with E-state index in [-0.39, 0.29) is 29.2 Å². The second kappa shape index (κ2) is 10.6. The van der Waals surface area contributed by atoms with Crippen LogP contribution >= 0.6 is 0 Å². The van der Waals surface area contributed by atoms with Gasteiger partial charge in [-0.2, -0.15) is 0 Å². The van der Waals surface area contributed by atoms with E-state index >= 15 is 0 Å². The number of methoxy groups -OCH3 is 1. The first-order chi connectivity index (χ1) is 15.4. The molecule has 1 heterocycles. The van der Waals surface area contributed by atoms with Crippen molar-refractivity contribution in [2.75, 3.05) is 20.7 Å². The summed E-state index contributed by atoms with van der Waals surface area (Å²) in [5, 5.41) is 2.93. The highest BCUT2D eigenvalue weighted by molar-refractivity contribution is 5.95. The minimum atomic E-state index is -0.532. The molecule has 0 bridgehead atoms. The Kier molecular flexibility index (Phi) is 7.65. The van der Waals surface area contributed by atoms with Gasteiger partial charge in [0.1, 0.15) is 17.3 Å². The van der Waals surface area contributed by atoms with Gasteiger partial charge >= 0.3 is 0 Å². The Morgan fingerprint density at radius 1 is 1.12 bits per heavy atom. The van der Waals surface area contributed by atoms with Crippen molar-refractivity contribution >= 4 is 11.8 Å². The molecule has 0 fully saturated rings. The van der Waals surface area contributed by atoms with E-state index in [0.717, 1.165) is 5.56 Å². The van der Waals surface area contributed by atoms with E-state index < -0.39 is 5.82 Å². The molecule has 0 aliphatic carbocycles. The van der Waals surface area contributed by atoms with Crippen LogP contribution in [0.15, 0.2) is 66.9 Å². The molecule has 168 valence electrons. The van der Waals surface area contributed by atoms with Crippen molar-refractivity contribution in [1.29, 1.82) is 0 Å². The number of aryl methyl sites for hydroxylation is 1. The molecule has 2 amide bonds. The van der Waals surface area contributed by atoms with Gasteiger partial charge in [-0.1, -0.05) is 30.3 Å². The van der Waals surface area contributed by atoms with E-state index in [4.69, 9.17) is 4.74 Å². The summed E-state index contributed by atoms with van der Waals surface area (Å²) in [5.74, 6) is -0.718. The third-order valence-corrected chi connectivity index (χ3v) is 5.48. The molecule has 3 aromatic rings. The topological polar surface area (TPSA) is 63.6 Å². The van der Waals surface area contributed by atoms with E-state index in [9.17, 15) is 14.0 Å². The molecule has 0 aliphatic heterocycles. The number of aromatic nitrogens is 1. The first-order valence-electron chi connectivity index (χ1n) is 10.4. The fraction of sp³-hybridized carbons (Fsp3) is 0.280. The number of benzene rings is 2. The lowest BCUT2D eigenvalue weighted by Crippen LogP contribution is -2.41. The lowest BCUT2D eigenvalue weighted by molar-refractivity contribution is 0.0722. The van der Waals surface area contributed by atoms with Crippen LogP contribution in [0.3, 0.4) is 0 Å². The van der Waals surface area contributed by atoms with Gasteiger partial charge in [0.15, 0.2) is 0 Å². The van der Waals surface area contributed by atoms with Gasteiger partial charge < -0.3 is 19.5 Å². The Labute approximate surface area is 187 Å². The summed E-state index contributed by atoms with van der Waals surface area (Å²) in [6, 6.07) is 17.2. The molecule has 1 atom stereocenters. The number of halogens is 1. The van der Waals surface area contributed by atoms with E-state index in [1.54, 1.807) is 22.6 Å². The third kappa shape index (κ3) is 5.75. The van der Waals surface area contributed by atoms with Crippen molar-refractivity contribution in [3.8, 4) is 5.75 Å². The highest BCUT2D eigenvalue weighted by atomic mass is 19.1. The Morgan fingerprint density at radius 2 is 1.88 bits per heavy atom. The maximum absolute atomic E-state index is 13.9. The summed E-state index contributed by atoms with van der Waals surface area (Å²) in [6.07, 6.45) is 2.96. The molecule has 7 heteroatoms. The number of carbonyl (C=O) groups is 2. The van der Waals surface area contributed by atoms with Crippen molar-refractivity contribution in [1.82, 2.24) is 14.8 Å². The SMILES string of the molecule is COc1cc(F)cc(C(=O)N(C)C(CCNC(=O)c2cccn2C)Cc2ccccc2)c1. The summed E-state index contributed by atoms with van der Waals surface area (Å²) in [5.41, 5.74) is 1.86. The number of hydrogen-bond donors (Lipinski definition) is 1. The summed E-state index contributed by atoms with van der Waals surface area (Å²) in [4.78, 5) is 27.2. The van der Waals surface area contributed by atoms with Gasteiger partial charge in [0.25, 0.3) is 11.8 Å². The Morgan fingerprint density at radius 3 is 2.53 bits per heavy atom. The highest BCUT2D eigenvalue weighted by Crippen LogP contribution is 2.20. The maximum Gasteiger partial charge on any atom is 0.267 e. The number of rotatable bonds is 9. The minimum Gasteiger partial charge on any atom is -0.497 e. The molecule has 1 N–H and O–H groups in total. The van der Waals surface area contributed by atoms with Crippen LogP contribution in [0.4, 0.5) is 4.39 Å². The summed E-state index contributed by atoms with van der Waals surface area (Å²) >= 11 is 0. The molecule has 32 heavy (non-hydrogen) atoms. The Balaban J connectivity index is 1.74. The van der Waals surface area contributed by atoms with Crippen molar-refractivity contribution in [2.24, 2.45) is 7.05 Å². The number of hydrogen-bond acceptors (Lipinski definition) is 3. The maximum atomic E-state index is 13.9. The molecule has 3 rings (SSSR count). The molecule has 1 unspecified atom stereocenters. The molecule has 0 saturated heterocycles. The van der Waals surface area contributed by atoms with Crippen molar-refractivity contribution in [2.45, 2.75) is 18.9 Å². The minimum absolute atomic E-state index is 0.167. The summed E-state index contributed by atoms with van der Waals surface area (Å²) in [7, 11) is 4.94. The van der Waals surface area contributed by atoms with Gasteiger partial charge in [0.05, 0.1) is 7.11 Å². The molecule has 6 nitrogen and oxygen atoms in total. The summed E-state index contributed by atoms with van der Waals surface area (Å²) in [6.45, 7) is 0.394. The van der Waals surface area contributed by atoms with E-state index in [2.05, 4.69) is 5.32 Å². The van der Waals surface area contributed by atoms with Gasteiger partial charge in [-0.25, -0.2) is 4.39 Å². The number of ether oxygens (including phenoxy) is 1. The number of nitrogens with one attached hydrogen (secondary N) is 1. The predicted octanol–water partition coefficient (Wildman–Crippen LogP) is 3.68. The number of amides is 2. The largest absolute Gasteiger partial charge is 0.497 e. The standard InChI is InChI=1S/C25H28FN3O3/c1-28-13-7-10-23(28)24(30)27-12-11-21(14-18-8-5-4-6-9-18)29(2)25(31)19-15-20(26)17-22(16-19)32-3/h4-10,13,15-17,21H,11-12,14H2,1-3H3,(H,27,30). The van der Waals surface area contributed by atoms with Crippen LogP contribution in [0.2, 0.25) is 0 Å². The molecule has 0 aliphatic rings. The molecular weight excluding hydrogens is 409 g/mol. The first kappa shape index (κ1) is 23.1. The van der Waals surface area contributed by atoms with Crippen molar-refractivity contribution in [3.05, 3.63) is 89.5 Å². The van der Waals surface area contributed by atoms with Crippen molar-refractivity contribution in [3.63, 3.8) is 0 Å². The monoisotopic (exact) mass is 437 g/mol. The lowest BCUT2D eigenvalue weighted by Gasteiger charge is -2.29. The van der Waals surface area contributed by atoms with Crippen LogP contribution in [-0.4, -0.2) is 48.0 Å². The number of carbonyl (C=O) groups excluding carboxylic acids is 2. The molecule has 2 aromatic carbocycles. The van der Waals surface area contributed by atoms with Crippen LogP contribution in [0.1, 0.15) is 32.8 Å². The zero-order chi connectivity index (χ0) is 23.1. The zero-order valence-electron chi connectivity index (χ0n) is 18.5. The second-order valence-corrected chi connectivity index (χ2v) is 7.69. The molecular formula is C25H28FN3O3.